The van der Waals surface area contributed by atoms with Crippen molar-refractivity contribution in [2.45, 2.75) is 118 Å². The van der Waals surface area contributed by atoms with Crippen LogP contribution in [-0.4, -0.2) is 75.7 Å². The molecule has 0 aliphatic carbocycles. The van der Waals surface area contributed by atoms with Crippen LogP contribution in [0, 0.1) is 0 Å². The fraction of sp³-hybridized carbons (Fsp3) is 0.562. The van der Waals surface area contributed by atoms with Crippen LogP contribution < -0.4 is 0 Å². The summed E-state index contributed by atoms with van der Waals surface area (Å²) >= 11 is 0.0530. The van der Waals surface area contributed by atoms with Crippen LogP contribution in [0.1, 0.15) is 11.1 Å². The van der Waals surface area contributed by atoms with E-state index in [2.05, 4.69) is 179 Å². The zero-order valence-electron chi connectivity index (χ0n) is 30.3. The first kappa shape index (κ1) is 39.5. The molecule has 0 spiro atoms. The third-order valence-corrected chi connectivity index (χ3v) is 127. The first-order valence-corrected chi connectivity index (χ1v) is 47.7. The average molecular weight is 746 g/mol. The van der Waals surface area contributed by atoms with E-state index in [1.54, 1.807) is 8.81 Å². The Bertz CT molecular complexity index is 950. The molecule has 0 bridgehead atoms. The summed E-state index contributed by atoms with van der Waals surface area (Å²) in [4.78, 5) is 0. The molecule has 0 aromatic heterocycles. The van der Waals surface area contributed by atoms with Crippen molar-refractivity contribution in [3.63, 3.8) is 0 Å². The third kappa shape index (κ3) is 13.5. The van der Waals surface area contributed by atoms with Crippen molar-refractivity contribution >= 4 is 84.5 Å². The van der Waals surface area contributed by atoms with E-state index in [4.69, 9.17) is 0 Å². The number of benzene rings is 2. The molecule has 1 aliphatic rings. The van der Waals surface area contributed by atoms with Gasteiger partial charge in [0.25, 0.3) is 0 Å². The fourth-order valence-electron chi connectivity index (χ4n) is 8.49. The number of hydrogen-bond donors (Lipinski definition) is 0. The minimum atomic E-state index is -0.832. The Morgan fingerprint density at radius 2 is 0.537 bits per heavy atom. The summed E-state index contributed by atoms with van der Waals surface area (Å²) in [6.45, 7) is 47.0. The van der Waals surface area contributed by atoms with E-state index in [1.165, 1.54) is 11.1 Å². The topological polar surface area (TPSA) is 0 Å². The van der Waals surface area contributed by atoms with Crippen molar-refractivity contribution in [2.24, 2.45) is 0 Å². The van der Waals surface area contributed by atoms with Gasteiger partial charge in [-0.1, -0.05) is 118 Å². The molecule has 0 saturated heterocycles. The predicted molar refractivity (Wildman–Crippen MR) is 217 cm³/mol. The van der Waals surface area contributed by atoms with Gasteiger partial charge in [-0.05, 0) is 0 Å². The molecule has 0 N–H and O–H groups in total. The second-order valence-corrected chi connectivity index (χ2v) is 94.0. The van der Waals surface area contributed by atoms with Gasteiger partial charge in [0.2, 0.25) is 0 Å². The first-order chi connectivity index (χ1) is 18.2. The molecular formula is C32H64GeSi8. The molecule has 228 valence electrons. The molecule has 1 aliphatic heterocycles. The molecule has 0 saturated carbocycles. The zero-order chi connectivity index (χ0) is 32.2. The van der Waals surface area contributed by atoms with Crippen molar-refractivity contribution in [3.05, 3.63) is 71.8 Å². The monoisotopic (exact) mass is 746 g/mol. The Hall–Kier alpha value is 0.458. The molecular weight excluding hydrogens is 682 g/mol. The van der Waals surface area contributed by atoms with Gasteiger partial charge < -0.3 is 0 Å². The number of rotatable bonds is 8. The van der Waals surface area contributed by atoms with Crippen LogP contribution in [0.2, 0.25) is 118 Å². The van der Waals surface area contributed by atoms with Gasteiger partial charge in [0.05, 0.1) is 0 Å². The molecule has 0 unspecified atom stereocenters. The van der Waals surface area contributed by atoms with Crippen LogP contribution in [0.4, 0.5) is 0 Å². The first-order valence-electron chi connectivity index (χ1n) is 15.6. The normalized spacial score (nSPS) is 14.8. The molecule has 41 heavy (non-hydrogen) atoms. The molecule has 0 atom stereocenters. The summed E-state index contributed by atoms with van der Waals surface area (Å²) in [5, 5.41) is 0. The van der Waals surface area contributed by atoms with Crippen LogP contribution >= 0.6 is 0 Å². The summed E-state index contributed by atoms with van der Waals surface area (Å²) in [5.74, 6) is 0. The molecule has 1 heterocycles. The van der Waals surface area contributed by atoms with E-state index in [-0.39, 0.29) is 30.1 Å². The van der Waals surface area contributed by atoms with Crippen LogP contribution in [0.25, 0.3) is 8.81 Å². The average Bonchev–Trinajstić information content (AvgIpc) is 3.50. The molecule has 4 radical (unpaired) electrons. The quantitative estimate of drug-likeness (QED) is 0.236. The van der Waals surface area contributed by atoms with Crippen molar-refractivity contribution < 1.29 is 0 Å². The molecule has 2 aromatic carbocycles. The Labute approximate surface area is 272 Å². The van der Waals surface area contributed by atoms with E-state index < -0.39 is 45.5 Å². The van der Waals surface area contributed by atoms with Gasteiger partial charge in [-0.15, -0.1) is 0 Å². The Morgan fingerprint density at radius 3 is 0.683 bits per heavy atom. The molecule has 9 heteroatoms. The van der Waals surface area contributed by atoms with Gasteiger partial charge in [0.1, 0.15) is 0 Å². The van der Waals surface area contributed by atoms with Crippen molar-refractivity contribution in [1.29, 1.82) is 0 Å². The summed E-state index contributed by atoms with van der Waals surface area (Å²) in [6.07, 6.45) is 0. The molecule has 0 fully saturated rings. The van der Waals surface area contributed by atoms with Crippen LogP contribution in [-0.2, 0) is 0 Å². The SMILES string of the molecule is C[Si](C)(C)[Si]([Si](C)(C)C)[Si](C)(C)C.C[Si](C)(C)[Si]([Si](C)(C)C)[Si](C)(C)C.c1ccc([C]2=[C](c3ccccc3)[Ge]2)cc1. The summed E-state index contributed by atoms with van der Waals surface area (Å²) in [6, 6.07) is 21.5. The van der Waals surface area contributed by atoms with E-state index in [0.717, 1.165) is 0 Å². The number of hydrogen-bond acceptors (Lipinski definition) is 0. The van der Waals surface area contributed by atoms with E-state index in [0.29, 0.717) is 0 Å². The molecule has 0 amide bonds. The maximum atomic E-state index is 2.61. The van der Waals surface area contributed by atoms with E-state index in [9.17, 15) is 0 Å². The maximum absolute atomic E-state index is 2.61. The van der Waals surface area contributed by atoms with Crippen LogP contribution in [0.3, 0.4) is 0 Å². The Kier molecular flexibility index (Phi) is 14.2. The summed E-state index contributed by atoms with van der Waals surface area (Å²) in [5.41, 5.74) is 2.85. The summed E-state index contributed by atoms with van der Waals surface area (Å²) in [7, 11) is -4.94. The van der Waals surface area contributed by atoms with Crippen molar-refractivity contribution in [1.82, 2.24) is 0 Å². The van der Waals surface area contributed by atoms with Gasteiger partial charge in [-0.3, -0.25) is 0 Å². The molecule has 3 rings (SSSR count). The zero-order valence-corrected chi connectivity index (χ0v) is 40.4. The second kappa shape index (κ2) is 14.7. The summed E-state index contributed by atoms with van der Waals surface area (Å²) < 4.78 is 3.25. The van der Waals surface area contributed by atoms with Crippen molar-refractivity contribution in [3.8, 4) is 0 Å². The Balaban J connectivity index is 0.000000310. The van der Waals surface area contributed by atoms with E-state index in [1.807, 2.05) is 0 Å². The predicted octanol–water partition coefficient (Wildman–Crippen LogP) is 10.7. The van der Waals surface area contributed by atoms with Gasteiger partial charge in [-0.2, -0.15) is 0 Å². The molecule has 0 nitrogen and oxygen atoms in total. The van der Waals surface area contributed by atoms with Gasteiger partial charge in [0, 0.05) is 60.2 Å². The van der Waals surface area contributed by atoms with Gasteiger partial charge >= 0.3 is 96.0 Å². The third-order valence-electron chi connectivity index (χ3n) is 7.06. The van der Waals surface area contributed by atoms with Gasteiger partial charge in [0.15, 0.2) is 0 Å². The van der Waals surface area contributed by atoms with Crippen LogP contribution in [0.15, 0.2) is 60.7 Å². The van der Waals surface area contributed by atoms with Gasteiger partial charge in [-0.25, -0.2) is 0 Å². The van der Waals surface area contributed by atoms with Crippen LogP contribution in [0.5, 0.6) is 0 Å². The Morgan fingerprint density at radius 1 is 0.341 bits per heavy atom. The standard InChI is InChI=1S/C14H10Ge.2C9H27Si4/c1-3-7-11(8-4-1)13-14(15-13)12-9-5-2-6-10-12;2*1-11(2,3)10(12(4,5)6)13(7,8)9/h1-10H;2*1-9H3. The fourth-order valence-corrected chi connectivity index (χ4v) is 186. The molecule has 2 aromatic rings. The minimum absolute atomic E-state index is 0.0255. The second-order valence-electron chi connectivity index (χ2n) is 17.9. The van der Waals surface area contributed by atoms with E-state index >= 15 is 0 Å². The van der Waals surface area contributed by atoms with Crippen molar-refractivity contribution in [2.75, 3.05) is 0 Å².